The van der Waals surface area contributed by atoms with Gasteiger partial charge in [-0.1, -0.05) is 12.8 Å². The molecule has 3 heterocycles. The Balaban J connectivity index is 1.19. The fourth-order valence-electron chi connectivity index (χ4n) is 4.65. The lowest BCUT2D eigenvalue weighted by atomic mass is 9.98. The minimum Gasteiger partial charge on any atom is -0.340 e. The summed E-state index contributed by atoms with van der Waals surface area (Å²) >= 11 is 0. The van der Waals surface area contributed by atoms with Crippen LogP contribution in [0.5, 0.6) is 0 Å². The van der Waals surface area contributed by atoms with Crippen LogP contribution in [0.2, 0.25) is 0 Å². The number of hydrogen-bond acceptors (Lipinski definition) is 5. The van der Waals surface area contributed by atoms with Crippen molar-refractivity contribution in [2.75, 3.05) is 32.7 Å². The van der Waals surface area contributed by atoms with Crippen molar-refractivity contribution in [2.24, 2.45) is 0 Å². The Morgan fingerprint density at radius 1 is 1.07 bits per heavy atom. The molecule has 1 saturated carbocycles. The molecule has 2 aliphatic heterocycles. The zero-order chi connectivity index (χ0) is 20.3. The highest BCUT2D eigenvalue weighted by molar-refractivity contribution is 6.07. The number of urea groups is 1. The molecular weight excluding hydrogens is 370 g/mol. The SMILES string of the molecule is O=C(CCCN1C(=O)NC2(CCCC2)C1=O)N1CCN(Cc2ccncc2)CC1. The standard InChI is InChI=1S/C21H29N5O3/c27-18(25-14-12-24(13-15-25)16-17-5-9-22-10-6-17)4-3-11-26-19(28)21(23-20(26)29)7-1-2-8-21/h5-6,9-10H,1-4,7-8,11-16H2,(H,23,29). The highest BCUT2D eigenvalue weighted by Crippen LogP contribution is 2.35. The average molecular weight is 399 g/mol. The molecule has 1 aromatic heterocycles. The van der Waals surface area contributed by atoms with Gasteiger partial charge in [0.2, 0.25) is 5.91 Å². The Labute approximate surface area is 171 Å². The van der Waals surface area contributed by atoms with Crippen LogP contribution in [0.3, 0.4) is 0 Å². The van der Waals surface area contributed by atoms with Crippen molar-refractivity contribution in [2.45, 2.75) is 50.6 Å². The smallest absolute Gasteiger partial charge is 0.325 e. The molecule has 1 spiro atoms. The fraction of sp³-hybridized carbons (Fsp3) is 0.619. The molecule has 4 rings (SSSR count). The van der Waals surface area contributed by atoms with Gasteiger partial charge in [-0.25, -0.2) is 4.79 Å². The van der Waals surface area contributed by atoms with Crippen LogP contribution in [-0.2, 0) is 16.1 Å². The highest BCUT2D eigenvalue weighted by atomic mass is 16.2. The summed E-state index contributed by atoms with van der Waals surface area (Å²) in [5, 5.41) is 2.89. The van der Waals surface area contributed by atoms with Crippen LogP contribution in [0.15, 0.2) is 24.5 Å². The predicted molar refractivity (Wildman–Crippen MR) is 107 cm³/mol. The first-order valence-corrected chi connectivity index (χ1v) is 10.6. The van der Waals surface area contributed by atoms with E-state index in [1.165, 1.54) is 10.5 Å². The minimum atomic E-state index is -0.660. The first-order valence-electron chi connectivity index (χ1n) is 10.6. The molecule has 0 aromatic carbocycles. The zero-order valence-electron chi connectivity index (χ0n) is 16.8. The van der Waals surface area contributed by atoms with E-state index in [0.717, 1.165) is 58.4 Å². The van der Waals surface area contributed by atoms with Crippen molar-refractivity contribution >= 4 is 17.8 Å². The molecule has 156 valence electrons. The topological polar surface area (TPSA) is 85.8 Å². The lowest BCUT2D eigenvalue weighted by molar-refractivity contribution is -0.134. The van der Waals surface area contributed by atoms with Crippen molar-refractivity contribution in [3.8, 4) is 0 Å². The van der Waals surface area contributed by atoms with Gasteiger partial charge in [-0.2, -0.15) is 0 Å². The molecule has 0 atom stereocenters. The van der Waals surface area contributed by atoms with Crippen molar-refractivity contribution in [3.63, 3.8) is 0 Å². The summed E-state index contributed by atoms with van der Waals surface area (Å²) < 4.78 is 0. The number of nitrogens with zero attached hydrogens (tertiary/aromatic N) is 4. The number of rotatable bonds is 6. The van der Waals surface area contributed by atoms with Gasteiger partial charge in [-0.05, 0) is 37.0 Å². The molecule has 29 heavy (non-hydrogen) atoms. The lowest BCUT2D eigenvalue weighted by Crippen LogP contribution is -2.48. The van der Waals surface area contributed by atoms with Gasteiger partial charge in [0.1, 0.15) is 5.54 Å². The second-order valence-electron chi connectivity index (χ2n) is 8.29. The van der Waals surface area contributed by atoms with Crippen LogP contribution >= 0.6 is 0 Å². The molecule has 0 bridgehead atoms. The maximum Gasteiger partial charge on any atom is 0.325 e. The number of imide groups is 1. The molecule has 8 nitrogen and oxygen atoms in total. The third kappa shape index (κ3) is 4.27. The molecule has 3 fully saturated rings. The molecule has 3 aliphatic rings. The first kappa shape index (κ1) is 19.8. The third-order valence-electron chi connectivity index (χ3n) is 6.36. The van der Waals surface area contributed by atoms with Crippen LogP contribution in [0, 0.1) is 0 Å². The van der Waals surface area contributed by atoms with Gasteiger partial charge >= 0.3 is 6.03 Å². The van der Waals surface area contributed by atoms with E-state index in [-0.39, 0.29) is 17.8 Å². The van der Waals surface area contributed by atoms with Crippen LogP contribution in [-0.4, -0.2) is 75.8 Å². The Hall–Kier alpha value is -2.48. The molecule has 1 aromatic rings. The van der Waals surface area contributed by atoms with Gasteiger partial charge in [0.05, 0.1) is 0 Å². The minimum absolute atomic E-state index is 0.0998. The Kier molecular flexibility index (Phi) is 5.80. The first-order chi connectivity index (χ1) is 14.1. The Morgan fingerprint density at radius 2 is 1.76 bits per heavy atom. The van der Waals surface area contributed by atoms with Gasteiger partial charge < -0.3 is 10.2 Å². The summed E-state index contributed by atoms with van der Waals surface area (Å²) in [6, 6.07) is 3.74. The lowest BCUT2D eigenvalue weighted by Gasteiger charge is -2.35. The highest BCUT2D eigenvalue weighted by Gasteiger charge is 2.52. The number of piperazine rings is 1. The Morgan fingerprint density at radius 3 is 2.45 bits per heavy atom. The number of amides is 4. The van der Waals surface area contributed by atoms with E-state index >= 15 is 0 Å². The largest absolute Gasteiger partial charge is 0.340 e. The molecule has 1 N–H and O–H groups in total. The summed E-state index contributed by atoms with van der Waals surface area (Å²) in [6.45, 7) is 4.33. The average Bonchev–Trinajstić information content (AvgIpc) is 3.29. The van der Waals surface area contributed by atoms with Gasteiger partial charge in [0.15, 0.2) is 0 Å². The van der Waals surface area contributed by atoms with E-state index < -0.39 is 5.54 Å². The molecule has 2 saturated heterocycles. The zero-order valence-corrected chi connectivity index (χ0v) is 16.8. The predicted octanol–water partition coefficient (Wildman–Crippen LogP) is 1.37. The summed E-state index contributed by atoms with van der Waals surface area (Å²) in [5.41, 5.74) is 0.569. The quantitative estimate of drug-likeness (QED) is 0.731. The van der Waals surface area contributed by atoms with E-state index in [0.29, 0.717) is 19.4 Å². The molecule has 1 aliphatic carbocycles. The van der Waals surface area contributed by atoms with E-state index in [1.54, 1.807) is 12.4 Å². The van der Waals surface area contributed by atoms with E-state index in [2.05, 4.69) is 15.2 Å². The van der Waals surface area contributed by atoms with Crippen molar-refractivity contribution in [3.05, 3.63) is 30.1 Å². The number of pyridine rings is 1. The van der Waals surface area contributed by atoms with Crippen molar-refractivity contribution in [1.29, 1.82) is 0 Å². The Bertz CT molecular complexity index is 755. The molecule has 4 amide bonds. The second-order valence-corrected chi connectivity index (χ2v) is 8.29. The van der Waals surface area contributed by atoms with Crippen LogP contribution < -0.4 is 5.32 Å². The fourth-order valence-corrected chi connectivity index (χ4v) is 4.65. The third-order valence-corrected chi connectivity index (χ3v) is 6.36. The van der Waals surface area contributed by atoms with Gasteiger partial charge in [0, 0.05) is 58.1 Å². The number of carbonyl (C=O) groups excluding carboxylic acids is 3. The van der Waals surface area contributed by atoms with Gasteiger partial charge in [-0.3, -0.25) is 24.4 Å². The molecule has 0 radical (unpaired) electrons. The van der Waals surface area contributed by atoms with Crippen LogP contribution in [0.25, 0.3) is 0 Å². The second kappa shape index (κ2) is 8.49. The molecular formula is C21H29N5O3. The van der Waals surface area contributed by atoms with Crippen LogP contribution in [0.4, 0.5) is 4.79 Å². The van der Waals surface area contributed by atoms with Gasteiger partial charge in [0.25, 0.3) is 5.91 Å². The number of aromatic nitrogens is 1. The van der Waals surface area contributed by atoms with E-state index in [9.17, 15) is 14.4 Å². The molecule has 0 unspecified atom stereocenters. The van der Waals surface area contributed by atoms with Crippen molar-refractivity contribution in [1.82, 2.24) is 25.0 Å². The van der Waals surface area contributed by atoms with Crippen molar-refractivity contribution < 1.29 is 14.4 Å². The van der Waals surface area contributed by atoms with E-state index in [1.807, 2.05) is 17.0 Å². The van der Waals surface area contributed by atoms with E-state index in [4.69, 9.17) is 0 Å². The monoisotopic (exact) mass is 399 g/mol. The summed E-state index contributed by atoms with van der Waals surface area (Å²) in [4.78, 5) is 47.0. The summed E-state index contributed by atoms with van der Waals surface area (Å²) in [6.07, 6.45) is 7.91. The summed E-state index contributed by atoms with van der Waals surface area (Å²) in [5.74, 6) is 0.00775. The normalized spacial score (nSPS) is 21.8. The maximum atomic E-state index is 12.6. The molecule has 8 heteroatoms. The number of hydrogen-bond donors (Lipinski definition) is 1. The van der Waals surface area contributed by atoms with Crippen LogP contribution in [0.1, 0.15) is 44.1 Å². The van der Waals surface area contributed by atoms with Gasteiger partial charge in [-0.15, -0.1) is 0 Å². The summed E-state index contributed by atoms with van der Waals surface area (Å²) in [7, 11) is 0. The maximum absolute atomic E-state index is 12.6. The number of carbonyl (C=O) groups is 3. The number of nitrogens with one attached hydrogen (secondary N) is 1.